The van der Waals surface area contributed by atoms with Crippen LogP contribution in [0, 0.1) is 0 Å². The Morgan fingerprint density at radius 3 is 2.64 bits per heavy atom. The molecule has 0 saturated carbocycles. The average molecular weight is 220 g/mol. The molecule has 76 valence electrons. The standard InChI is InChI=1S/C9H7F3OS/c10-9(11,12)7-2-1-6-3-4-14(13)8(6)5-7/h1-2,5H,3-4H2. The first-order valence-electron chi connectivity index (χ1n) is 4.07. The lowest BCUT2D eigenvalue weighted by molar-refractivity contribution is -0.137. The predicted octanol–water partition coefficient (Wildman–Crippen LogP) is 2.37. The summed E-state index contributed by atoms with van der Waals surface area (Å²) in [5.41, 5.74) is 0.0582. The number of fused-ring (bicyclic) bond motifs is 1. The van der Waals surface area contributed by atoms with E-state index in [2.05, 4.69) is 0 Å². The van der Waals surface area contributed by atoms with Crippen LogP contribution in [0.3, 0.4) is 0 Å². The molecular weight excluding hydrogens is 213 g/mol. The molecule has 0 aromatic heterocycles. The molecule has 0 radical (unpaired) electrons. The van der Waals surface area contributed by atoms with Crippen LogP contribution in [0.1, 0.15) is 11.1 Å². The van der Waals surface area contributed by atoms with E-state index in [1.54, 1.807) is 0 Å². The Morgan fingerprint density at radius 1 is 1.29 bits per heavy atom. The van der Waals surface area contributed by atoms with Crippen molar-refractivity contribution in [1.82, 2.24) is 0 Å². The van der Waals surface area contributed by atoms with Gasteiger partial charge in [-0.15, -0.1) is 0 Å². The molecule has 1 unspecified atom stereocenters. The first-order valence-corrected chi connectivity index (χ1v) is 5.39. The van der Waals surface area contributed by atoms with Gasteiger partial charge in [-0.05, 0) is 24.1 Å². The molecule has 1 aliphatic heterocycles. The molecule has 2 rings (SSSR count). The summed E-state index contributed by atoms with van der Waals surface area (Å²) >= 11 is 0. The highest BCUT2D eigenvalue weighted by molar-refractivity contribution is 7.85. The van der Waals surface area contributed by atoms with Gasteiger partial charge in [0.2, 0.25) is 0 Å². The van der Waals surface area contributed by atoms with E-state index in [1.165, 1.54) is 6.07 Å². The zero-order chi connectivity index (χ0) is 10.3. The maximum Gasteiger partial charge on any atom is 0.416 e. The Hall–Kier alpha value is -0.840. The van der Waals surface area contributed by atoms with Crippen molar-refractivity contribution in [3.63, 3.8) is 0 Å². The van der Waals surface area contributed by atoms with E-state index in [-0.39, 0.29) is 0 Å². The molecule has 1 atom stereocenters. The van der Waals surface area contributed by atoms with Gasteiger partial charge in [0.25, 0.3) is 0 Å². The van der Waals surface area contributed by atoms with Crippen molar-refractivity contribution in [2.75, 3.05) is 5.75 Å². The highest BCUT2D eigenvalue weighted by atomic mass is 32.2. The molecule has 1 heterocycles. The Kier molecular flexibility index (Phi) is 2.14. The maximum absolute atomic E-state index is 12.3. The second-order valence-corrected chi connectivity index (χ2v) is 4.66. The van der Waals surface area contributed by atoms with Gasteiger partial charge in [-0.3, -0.25) is 4.21 Å². The third kappa shape index (κ3) is 1.56. The normalized spacial score (nSPS) is 20.9. The maximum atomic E-state index is 12.3. The molecule has 0 saturated heterocycles. The van der Waals surface area contributed by atoms with Crippen LogP contribution in [0.5, 0.6) is 0 Å². The second-order valence-electron chi connectivity index (χ2n) is 3.12. The average Bonchev–Trinajstić information content (AvgIpc) is 2.46. The molecule has 0 N–H and O–H groups in total. The van der Waals surface area contributed by atoms with Crippen LogP contribution < -0.4 is 0 Å². The van der Waals surface area contributed by atoms with Crippen molar-refractivity contribution in [2.45, 2.75) is 17.5 Å². The summed E-state index contributed by atoms with van der Waals surface area (Å²) in [6, 6.07) is 3.46. The van der Waals surface area contributed by atoms with E-state index in [9.17, 15) is 17.4 Å². The zero-order valence-corrected chi connectivity index (χ0v) is 7.91. The summed E-state index contributed by atoms with van der Waals surface area (Å²) in [6.07, 6.45) is -3.73. The van der Waals surface area contributed by atoms with Gasteiger partial charge in [0.15, 0.2) is 0 Å². The van der Waals surface area contributed by atoms with Crippen LogP contribution in [-0.2, 0) is 23.4 Å². The van der Waals surface area contributed by atoms with Crippen LogP contribution in [0.25, 0.3) is 0 Å². The van der Waals surface area contributed by atoms with Crippen LogP contribution in [0.2, 0.25) is 0 Å². The number of hydrogen-bond donors (Lipinski definition) is 0. The van der Waals surface area contributed by atoms with E-state index in [0.717, 1.165) is 17.7 Å². The number of halogens is 3. The lowest BCUT2D eigenvalue weighted by Crippen LogP contribution is -2.05. The molecule has 0 bridgehead atoms. The van der Waals surface area contributed by atoms with Crippen molar-refractivity contribution in [1.29, 1.82) is 0 Å². The fraction of sp³-hybridized carbons (Fsp3) is 0.333. The molecule has 0 aliphatic carbocycles. The Balaban J connectivity index is 2.50. The third-order valence-corrected chi connectivity index (χ3v) is 3.64. The van der Waals surface area contributed by atoms with Gasteiger partial charge in [-0.2, -0.15) is 13.2 Å². The number of hydrogen-bond acceptors (Lipinski definition) is 1. The van der Waals surface area contributed by atoms with Gasteiger partial charge in [0, 0.05) is 10.6 Å². The first kappa shape index (κ1) is 9.71. The minimum Gasteiger partial charge on any atom is -0.254 e. The number of rotatable bonds is 0. The molecule has 1 aromatic carbocycles. The molecule has 1 nitrogen and oxygen atoms in total. The van der Waals surface area contributed by atoms with E-state index in [1.807, 2.05) is 0 Å². The first-order chi connectivity index (χ1) is 6.48. The fourth-order valence-electron chi connectivity index (χ4n) is 1.46. The Bertz CT molecular complexity index is 398. The van der Waals surface area contributed by atoms with Gasteiger partial charge >= 0.3 is 6.18 Å². The smallest absolute Gasteiger partial charge is 0.254 e. The van der Waals surface area contributed by atoms with Gasteiger partial charge in [0.1, 0.15) is 0 Å². The van der Waals surface area contributed by atoms with E-state index >= 15 is 0 Å². The Labute approximate surface area is 81.4 Å². The lowest BCUT2D eigenvalue weighted by atomic mass is 10.1. The molecule has 1 aliphatic rings. The van der Waals surface area contributed by atoms with E-state index in [4.69, 9.17) is 0 Å². The SMILES string of the molecule is O=S1CCc2ccc(C(F)(F)F)cc21. The summed E-state index contributed by atoms with van der Waals surface area (Å²) in [5, 5.41) is 0. The van der Waals surface area contributed by atoms with Crippen molar-refractivity contribution in [2.24, 2.45) is 0 Å². The van der Waals surface area contributed by atoms with Crippen LogP contribution in [-0.4, -0.2) is 9.96 Å². The van der Waals surface area contributed by atoms with E-state index in [0.29, 0.717) is 17.1 Å². The van der Waals surface area contributed by atoms with Gasteiger partial charge in [-0.25, -0.2) is 0 Å². The fourth-order valence-corrected chi connectivity index (χ4v) is 2.81. The van der Waals surface area contributed by atoms with Gasteiger partial charge in [-0.1, -0.05) is 6.07 Å². The van der Waals surface area contributed by atoms with Gasteiger partial charge in [0.05, 0.1) is 16.4 Å². The molecule has 1 aromatic rings. The highest BCUT2D eigenvalue weighted by Gasteiger charge is 2.32. The molecule has 14 heavy (non-hydrogen) atoms. The van der Waals surface area contributed by atoms with Crippen LogP contribution in [0.15, 0.2) is 23.1 Å². The summed E-state index contributed by atoms with van der Waals surface area (Å²) < 4.78 is 48.1. The molecule has 0 fully saturated rings. The Morgan fingerprint density at radius 2 is 2.00 bits per heavy atom. The van der Waals surface area contributed by atoms with Crippen LogP contribution in [0.4, 0.5) is 13.2 Å². The lowest BCUT2D eigenvalue weighted by Gasteiger charge is -2.07. The van der Waals surface area contributed by atoms with Crippen molar-refractivity contribution in [3.05, 3.63) is 29.3 Å². The largest absolute Gasteiger partial charge is 0.416 e. The minimum atomic E-state index is -4.35. The summed E-state index contributed by atoms with van der Waals surface area (Å²) in [4.78, 5) is 0.347. The van der Waals surface area contributed by atoms with Crippen LogP contribution >= 0.6 is 0 Å². The zero-order valence-electron chi connectivity index (χ0n) is 7.10. The van der Waals surface area contributed by atoms with Crippen molar-refractivity contribution >= 4 is 10.8 Å². The van der Waals surface area contributed by atoms with Crippen molar-refractivity contribution in [3.8, 4) is 0 Å². The second kappa shape index (κ2) is 3.08. The molecular formula is C9H7F3OS. The summed E-state index contributed by atoms with van der Waals surface area (Å²) in [6.45, 7) is 0. The molecule has 0 spiro atoms. The predicted molar refractivity (Wildman–Crippen MR) is 46.4 cm³/mol. The topological polar surface area (TPSA) is 17.1 Å². The third-order valence-electron chi connectivity index (χ3n) is 2.20. The highest BCUT2D eigenvalue weighted by Crippen LogP contribution is 2.33. The quantitative estimate of drug-likeness (QED) is 0.656. The number of aryl methyl sites for hydroxylation is 1. The van der Waals surface area contributed by atoms with Crippen molar-refractivity contribution < 1.29 is 17.4 Å². The summed E-state index contributed by atoms with van der Waals surface area (Å²) in [7, 11) is -1.24. The minimum absolute atomic E-state index is 0.347. The monoisotopic (exact) mass is 220 g/mol. The van der Waals surface area contributed by atoms with Gasteiger partial charge < -0.3 is 0 Å². The van der Waals surface area contributed by atoms with E-state index < -0.39 is 22.5 Å². The number of benzene rings is 1. The molecule has 0 amide bonds. The number of alkyl halides is 3. The molecule has 5 heteroatoms. The summed E-state index contributed by atoms with van der Waals surface area (Å²) in [5.74, 6) is 0.441.